The molecule has 26 heavy (non-hydrogen) atoms. The Hall–Kier alpha value is -2.24. The third-order valence-corrected chi connectivity index (χ3v) is 4.19. The lowest BCUT2D eigenvalue weighted by Gasteiger charge is -2.20. The Balaban J connectivity index is 1.98. The zero-order valence-corrected chi connectivity index (χ0v) is 16.5. The number of hydrogen-bond acceptors (Lipinski definition) is 7. The van der Waals surface area contributed by atoms with Crippen LogP contribution >= 0.6 is 9.24 Å². The van der Waals surface area contributed by atoms with Crippen molar-refractivity contribution in [2.45, 2.75) is 39.6 Å². The topological polar surface area (TPSA) is 108 Å². The molecular weight excluding hydrogens is 353 g/mol. The maximum Gasteiger partial charge on any atom is 0.226 e. The molecule has 0 saturated carbocycles. The quantitative estimate of drug-likeness (QED) is 0.564. The second-order valence-corrected chi connectivity index (χ2v) is 6.84. The number of rotatable bonds is 7. The molecule has 0 aliphatic heterocycles. The second kappa shape index (κ2) is 8.43. The van der Waals surface area contributed by atoms with Crippen LogP contribution in [0.5, 0.6) is 11.8 Å². The van der Waals surface area contributed by atoms with Gasteiger partial charge in [0.15, 0.2) is 5.78 Å². The fraction of sp³-hybridized carbons (Fsp3) is 0.389. The number of carbonyl (C=O) groups is 1. The number of aromatic hydroxyl groups is 1. The molecule has 7 nitrogen and oxygen atoms in total. The van der Waals surface area contributed by atoms with Crippen molar-refractivity contribution in [2.75, 3.05) is 12.3 Å². The highest BCUT2D eigenvalue weighted by atomic mass is 31.0. The molecule has 1 heterocycles. The Morgan fingerprint density at radius 3 is 2.42 bits per heavy atom. The first-order valence-electron chi connectivity index (χ1n) is 8.16. The highest BCUT2D eigenvalue weighted by Gasteiger charge is 2.22. The average molecular weight is 377 g/mol. The summed E-state index contributed by atoms with van der Waals surface area (Å²) in [5.74, 6) is -1.01. The molecule has 0 amide bonds. The van der Waals surface area contributed by atoms with Crippen molar-refractivity contribution >= 4 is 21.0 Å². The van der Waals surface area contributed by atoms with E-state index in [0.29, 0.717) is 5.56 Å². The van der Waals surface area contributed by atoms with E-state index in [4.69, 9.17) is 15.2 Å². The van der Waals surface area contributed by atoms with Crippen LogP contribution in [0.3, 0.4) is 0 Å². The summed E-state index contributed by atoms with van der Waals surface area (Å²) in [5.41, 5.74) is 9.10. The first kappa shape index (κ1) is 20.1. The highest BCUT2D eigenvalue weighted by molar-refractivity contribution is 7.19. The van der Waals surface area contributed by atoms with Gasteiger partial charge in [-0.15, -0.1) is 0 Å². The van der Waals surface area contributed by atoms with Gasteiger partial charge in [-0.25, -0.2) is 0 Å². The van der Waals surface area contributed by atoms with Gasteiger partial charge in [-0.05, 0) is 38.8 Å². The molecule has 3 N–H and O–H groups in total. The fourth-order valence-electron chi connectivity index (χ4n) is 2.77. The Kier molecular flexibility index (Phi) is 6.51. The first-order chi connectivity index (χ1) is 12.2. The lowest BCUT2D eigenvalue weighted by Crippen LogP contribution is -2.28. The van der Waals surface area contributed by atoms with Crippen molar-refractivity contribution in [2.24, 2.45) is 0 Å². The molecule has 0 aliphatic rings. The van der Waals surface area contributed by atoms with E-state index in [-0.39, 0.29) is 36.2 Å². The molecule has 1 aromatic carbocycles. The molecule has 140 valence electrons. The summed E-state index contributed by atoms with van der Waals surface area (Å²) in [7, 11) is 2.43. The molecule has 1 aromatic heterocycles. The molecule has 2 unspecified atom stereocenters. The van der Waals surface area contributed by atoms with Crippen LogP contribution in [0.1, 0.15) is 34.0 Å². The van der Waals surface area contributed by atoms with E-state index >= 15 is 0 Å². The molecule has 0 radical (unpaired) electrons. The molecule has 2 aromatic rings. The predicted molar refractivity (Wildman–Crippen MR) is 103 cm³/mol. The van der Waals surface area contributed by atoms with Gasteiger partial charge in [0.2, 0.25) is 17.7 Å². The summed E-state index contributed by atoms with van der Waals surface area (Å²) in [4.78, 5) is 20.1. The van der Waals surface area contributed by atoms with E-state index in [1.807, 2.05) is 32.9 Å². The number of benzene rings is 1. The number of ether oxygens (including phenoxy) is 2. The van der Waals surface area contributed by atoms with Crippen LogP contribution in [0.4, 0.5) is 5.95 Å². The summed E-state index contributed by atoms with van der Waals surface area (Å²) in [6.07, 6.45) is -0.383. The summed E-state index contributed by atoms with van der Waals surface area (Å²) in [5, 5.41) is 9.38. The lowest BCUT2D eigenvalue weighted by molar-refractivity contribution is 0.0172. The molecule has 8 heteroatoms. The molecule has 0 fully saturated rings. The first-order valence-corrected chi connectivity index (χ1v) is 8.83. The lowest BCUT2D eigenvalue weighted by atomic mass is 9.97. The number of anilines is 1. The van der Waals surface area contributed by atoms with Crippen LogP contribution < -0.4 is 10.5 Å². The monoisotopic (exact) mass is 377 g/mol. The minimum absolute atomic E-state index is 0.0852. The third-order valence-electron chi connectivity index (χ3n) is 3.73. The number of ketones is 1. The van der Waals surface area contributed by atoms with Gasteiger partial charge in [0, 0.05) is 5.56 Å². The fourth-order valence-corrected chi connectivity index (χ4v) is 3.20. The van der Waals surface area contributed by atoms with E-state index in [1.165, 1.54) is 6.07 Å². The van der Waals surface area contributed by atoms with Crippen molar-refractivity contribution in [1.29, 1.82) is 0 Å². The van der Waals surface area contributed by atoms with Gasteiger partial charge in [-0.3, -0.25) is 4.79 Å². The van der Waals surface area contributed by atoms with Crippen LogP contribution in [-0.4, -0.2) is 39.4 Å². The Morgan fingerprint density at radius 1 is 1.23 bits per heavy atom. The van der Waals surface area contributed by atoms with Crippen molar-refractivity contribution < 1.29 is 19.4 Å². The van der Waals surface area contributed by atoms with Gasteiger partial charge < -0.3 is 20.3 Å². The van der Waals surface area contributed by atoms with Crippen LogP contribution in [0, 0.1) is 20.8 Å². The minimum atomic E-state index is -0.697. The third kappa shape index (κ3) is 5.13. The molecule has 0 bridgehead atoms. The number of Topliss-reactive ketones (excluding diaryl/α,β-unsaturated/α-hetero) is 1. The van der Waals surface area contributed by atoms with E-state index in [2.05, 4.69) is 19.2 Å². The summed E-state index contributed by atoms with van der Waals surface area (Å²) >= 11 is 0. The van der Waals surface area contributed by atoms with Crippen LogP contribution in [0.15, 0.2) is 18.2 Å². The smallest absolute Gasteiger partial charge is 0.226 e. The molecular formula is C18H24N3O4P. The minimum Gasteiger partial charge on any atom is -0.493 e. The van der Waals surface area contributed by atoms with E-state index in [0.717, 1.165) is 16.7 Å². The number of hydrogen-bond donors (Lipinski definition) is 2. The number of nitrogens with zero attached hydrogens (tertiary/aromatic N) is 2. The standard InChI is InChI=1S/C18H24N3O4P/c1-9-5-10(2)15(11(3)6-9)16(23)17(26)25-12(4)8-24-14-7-13(22)20-18(19)21-14/h5-7,12,17H,8,26H2,1-4H3,(H3,19,20,21,22)/t12-,17?/m1/s1. The normalized spacial score (nSPS) is 13.3. The number of nitrogen functional groups attached to an aromatic ring is 1. The average Bonchev–Trinajstić information content (AvgIpc) is 2.50. The number of aromatic nitrogens is 2. The summed E-state index contributed by atoms with van der Waals surface area (Å²) in [6, 6.07) is 5.22. The van der Waals surface area contributed by atoms with E-state index in [1.54, 1.807) is 6.92 Å². The van der Waals surface area contributed by atoms with Crippen LogP contribution in [-0.2, 0) is 4.74 Å². The van der Waals surface area contributed by atoms with E-state index in [9.17, 15) is 9.90 Å². The molecule has 0 aliphatic carbocycles. The predicted octanol–water partition coefficient (Wildman–Crippen LogP) is 2.56. The van der Waals surface area contributed by atoms with Crippen LogP contribution in [0.2, 0.25) is 0 Å². The zero-order valence-electron chi connectivity index (χ0n) is 15.3. The van der Waals surface area contributed by atoms with Crippen LogP contribution in [0.25, 0.3) is 0 Å². The Morgan fingerprint density at radius 2 is 1.85 bits per heavy atom. The molecule has 0 saturated heterocycles. The van der Waals surface area contributed by atoms with Gasteiger partial charge in [0.05, 0.1) is 12.2 Å². The maximum absolute atomic E-state index is 12.7. The largest absolute Gasteiger partial charge is 0.493 e. The van der Waals surface area contributed by atoms with Gasteiger partial charge in [0.1, 0.15) is 12.5 Å². The number of aryl methyl sites for hydroxylation is 3. The zero-order chi connectivity index (χ0) is 19.4. The second-order valence-electron chi connectivity index (χ2n) is 6.24. The highest BCUT2D eigenvalue weighted by Crippen LogP contribution is 2.22. The number of carbonyl (C=O) groups excluding carboxylic acids is 1. The van der Waals surface area contributed by atoms with Gasteiger partial charge in [-0.2, -0.15) is 9.97 Å². The maximum atomic E-state index is 12.7. The molecule has 3 atom stereocenters. The van der Waals surface area contributed by atoms with E-state index < -0.39 is 5.85 Å². The van der Waals surface area contributed by atoms with Crippen molar-refractivity contribution in [3.05, 3.63) is 40.5 Å². The van der Waals surface area contributed by atoms with Gasteiger partial charge in [-0.1, -0.05) is 26.9 Å². The molecule has 2 rings (SSSR count). The van der Waals surface area contributed by atoms with Gasteiger partial charge >= 0.3 is 0 Å². The summed E-state index contributed by atoms with van der Waals surface area (Å²) in [6.45, 7) is 7.76. The molecule has 0 spiro atoms. The SMILES string of the molecule is Cc1cc(C)c(C(=O)C(P)O[C@H](C)COc2cc(O)nc(N)n2)c(C)c1. The summed E-state index contributed by atoms with van der Waals surface area (Å²) < 4.78 is 11.2. The van der Waals surface area contributed by atoms with Gasteiger partial charge in [0.25, 0.3) is 0 Å². The van der Waals surface area contributed by atoms with Crippen molar-refractivity contribution in [3.8, 4) is 11.8 Å². The number of nitrogens with two attached hydrogens (primary N) is 1. The van der Waals surface area contributed by atoms with Crippen molar-refractivity contribution in [3.63, 3.8) is 0 Å². The van der Waals surface area contributed by atoms with Crippen molar-refractivity contribution in [1.82, 2.24) is 9.97 Å². The Labute approximate surface area is 155 Å². The Bertz CT molecular complexity index is 770.